The summed E-state index contributed by atoms with van der Waals surface area (Å²) < 4.78 is 30.4. The molecule has 0 spiro atoms. The Labute approximate surface area is 364 Å². The number of benzene rings is 3. The van der Waals surface area contributed by atoms with Gasteiger partial charge in [-0.15, -0.1) is 0 Å². The topological polar surface area (TPSA) is 221 Å². The van der Waals surface area contributed by atoms with Crippen molar-refractivity contribution >= 4 is 35.6 Å². The Morgan fingerprint density at radius 2 is 1.41 bits per heavy atom. The SMILES string of the molecule is CC(=O)O[C@H]1C(=O)[C@@]2(C)C(C(OC(=O)c3ccccc3)[C@]3(O)C[C@H](OC(=O)[C@](C)(O)[C@@H](NC(=O)c4ccccc4)c4ccccc4)C(C)=C1C3(C)C)[C@]1(OC(C)=O)CO[C@@H]1C[C@@H]2O. The standard InChI is InChI=1S/C48H53NO14/c1-26-32(61-43(56)46(7,57)38(29-17-11-8-12-18-29)49-41(54)30-19-13-9-14-20-30)24-48(58)40(62-42(55)31-21-15-10-16-22-31)37-45(6,33(52)23-34-47(37,25-59-34)63-28(3)51)39(53)36(60-27(2)50)35(26)44(48,4)5/h8-22,32-34,36-38,40,52,57-58H,23-25H2,1-7H3,(H,49,54)/t32-,33-,34+,36+,37?,38-,40?,45+,46+,47-,48+/m0/s1. The zero-order chi connectivity index (χ0) is 45.9. The van der Waals surface area contributed by atoms with Crippen LogP contribution < -0.4 is 5.32 Å². The molecule has 11 atom stereocenters. The van der Waals surface area contributed by atoms with Gasteiger partial charge in [0, 0.05) is 37.7 Å². The number of aliphatic hydroxyl groups excluding tert-OH is 1. The second-order valence-corrected chi connectivity index (χ2v) is 18.0. The number of carbonyl (C=O) groups is 6. The van der Waals surface area contributed by atoms with Crippen LogP contribution in [0.4, 0.5) is 0 Å². The van der Waals surface area contributed by atoms with Crippen LogP contribution in [0, 0.1) is 16.7 Å². The summed E-state index contributed by atoms with van der Waals surface area (Å²) in [6, 6.07) is 22.9. The molecule has 1 saturated heterocycles. The summed E-state index contributed by atoms with van der Waals surface area (Å²) in [7, 11) is 0. The minimum atomic E-state index is -2.50. The van der Waals surface area contributed by atoms with E-state index in [9.17, 15) is 39.3 Å². The van der Waals surface area contributed by atoms with E-state index in [0.29, 0.717) is 5.56 Å². The fourth-order valence-corrected chi connectivity index (χ4v) is 10.4. The predicted molar refractivity (Wildman–Crippen MR) is 222 cm³/mol. The summed E-state index contributed by atoms with van der Waals surface area (Å²) in [6.45, 7) is 9.15. The number of ketones is 1. The summed E-state index contributed by atoms with van der Waals surface area (Å²) in [5.41, 5.74) is -9.58. The maximum atomic E-state index is 15.5. The van der Waals surface area contributed by atoms with Gasteiger partial charge >= 0.3 is 23.9 Å². The van der Waals surface area contributed by atoms with Crippen molar-refractivity contribution < 1.29 is 67.8 Å². The van der Waals surface area contributed by atoms with Crippen molar-refractivity contribution in [2.45, 2.75) is 115 Å². The van der Waals surface area contributed by atoms with Crippen LogP contribution in [-0.4, -0.2) is 105 Å². The molecular weight excluding hydrogens is 815 g/mol. The monoisotopic (exact) mass is 867 g/mol. The number of ether oxygens (including phenoxy) is 5. The fourth-order valence-electron chi connectivity index (χ4n) is 10.4. The number of Topliss-reactive ketones (excluding diaryl/α,β-unsaturated/α-hetero) is 1. The van der Waals surface area contributed by atoms with Crippen LogP contribution in [0.15, 0.2) is 102 Å². The normalized spacial score (nSPS) is 32.1. The van der Waals surface area contributed by atoms with Gasteiger partial charge in [0.25, 0.3) is 5.91 Å². The molecule has 0 radical (unpaired) electrons. The number of fused-ring (bicyclic) bond motifs is 5. The van der Waals surface area contributed by atoms with Gasteiger partial charge in [0.1, 0.15) is 23.9 Å². The minimum Gasteiger partial charge on any atom is -0.456 e. The number of hydrogen-bond donors (Lipinski definition) is 4. The Morgan fingerprint density at radius 3 is 1.95 bits per heavy atom. The second kappa shape index (κ2) is 16.4. The van der Waals surface area contributed by atoms with E-state index in [1.165, 1.54) is 32.9 Å². The van der Waals surface area contributed by atoms with Crippen molar-refractivity contribution in [1.82, 2.24) is 5.32 Å². The van der Waals surface area contributed by atoms with Gasteiger partial charge in [-0.1, -0.05) is 80.6 Å². The maximum absolute atomic E-state index is 15.5. The molecule has 2 unspecified atom stereocenters. The molecule has 1 heterocycles. The lowest BCUT2D eigenvalue weighted by molar-refractivity contribution is -0.346. The van der Waals surface area contributed by atoms with Crippen molar-refractivity contribution in [2.75, 3.05) is 6.61 Å². The van der Waals surface area contributed by atoms with Gasteiger partial charge in [0.05, 0.1) is 35.6 Å². The number of carbonyl (C=O) groups excluding carboxylic acids is 6. The van der Waals surface area contributed by atoms with E-state index in [1.807, 2.05) is 0 Å². The van der Waals surface area contributed by atoms with Crippen molar-refractivity contribution in [3.8, 4) is 0 Å². The Kier molecular flexibility index (Phi) is 11.8. The van der Waals surface area contributed by atoms with Crippen LogP contribution in [-0.2, 0) is 42.9 Å². The third kappa shape index (κ3) is 7.43. The van der Waals surface area contributed by atoms with Crippen LogP contribution in [0.2, 0.25) is 0 Å². The van der Waals surface area contributed by atoms with Crippen LogP contribution >= 0.6 is 0 Å². The highest BCUT2D eigenvalue weighted by Crippen LogP contribution is 2.64. The zero-order valence-corrected chi connectivity index (χ0v) is 36.2. The minimum absolute atomic E-state index is 0.00737. The van der Waals surface area contributed by atoms with Crippen LogP contribution in [0.25, 0.3) is 0 Å². The molecule has 1 aliphatic heterocycles. The Morgan fingerprint density at radius 1 is 0.841 bits per heavy atom. The first-order valence-electron chi connectivity index (χ1n) is 20.9. The Hall–Kier alpha value is -5.74. The summed E-state index contributed by atoms with van der Waals surface area (Å²) in [5, 5.41) is 40.8. The first kappa shape index (κ1) is 45.3. The lowest BCUT2D eigenvalue weighted by atomic mass is 9.44. The number of aliphatic hydroxyl groups is 3. The molecule has 3 fully saturated rings. The average molecular weight is 868 g/mol. The molecule has 334 valence electrons. The molecule has 7 rings (SSSR count). The van der Waals surface area contributed by atoms with E-state index in [-0.39, 0.29) is 35.3 Å². The highest BCUT2D eigenvalue weighted by Gasteiger charge is 2.78. The largest absolute Gasteiger partial charge is 0.456 e. The molecule has 3 aromatic rings. The number of nitrogens with one attached hydrogen (secondary N) is 1. The maximum Gasteiger partial charge on any atom is 0.340 e. The Balaban J connectivity index is 1.41. The van der Waals surface area contributed by atoms with Gasteiger partial charge < -0.3 is 44.3 Å². The first-order valence-corrected chi connectivity index (χ1v) is 20.9. The first-order chi connectivity index (χ1) is 29.6. The van der Waals surface area contributed by atoms with Crippen molar-refractivity contribution in [2.24, 2.45) is 16.7 Å². The molecule has 0 aromatic heterocycles. The Bertz CT molecular complexity index is 2330. The van der Waals surface area contributed by atoms with Gasteiger partial charge in [0.15, 0.2) is 23.1 Å². The third-order valence-corrected chi connectivity index (χ3v) is 13.9. The zero-order valence-electron chi connectivity index (χ0n) is 36.2. The summed E-state index contributed by atoms with van der Waals surface area (Å²) in [4.78, 5) is 84.1. The summed E-state index contributed by atoms with van der Waals surface area (Å²) in [5.74, 6) is -6.88. The lowest BCUT2D eigenvalue weighted by Crippen LogP contribution is -2.82. The fraction of sp³-hybridized carbons (Fsp3) is 0.458. The molecule has 1 amide bonds. The second-order valence-electron chi connectivity index (χ2n) is 18.0. The number of rotatable bonds is 10. The predicted octanol–water partition coefficient (Wildman–Crippen LogP) is 4.13. The van der Waals surface area contributed by atoms with Gasteiger partial charge in [-0.2, -0.15) is 0 Å². The molecule has 15 nitrogen and oxygen atoms in total. The van der Waals surface area contributed by atoms with Crippen LogP contribution in [0.5, 0.6) is 0 Å². The van der Waals surface area contributed by atoms with Gasteiger partial charge in [-0.25, -0.2) is 9.59 Å². The van der Waals surface area contributed by atoms with E-state index in [0.717, 1.165) is 13.8 Å². The highest BCUT2D eigenvalue weighted by atomic mass is 16.6. The smallest absolute Gasteiger partial charge is 0.340 e. The van der Waals surface area contributed by atoms with Crippen LogP contribution in [0.3, 0.4) is 0 Å². The molecule has 3 aromatic carbocycles. The van der Waals surface area contributed by atoms with E-state index in [2.05, 4.69) is 5.32 Å². The van der Waals surface area contributed by atoms with E-state index in [1.54, 1.807) is 92.7 Å². The molecule has 3 aliphatic carbocycles. The third-order valence-electron chi connectivity index (χ3n) is 13.9. The number of hydrogen-bond acceptors (Lipinski definition) is 14. The highest BCUT2D eigenvalue weighted by molar-refractivity contribution is 5.96. The molecular formula is C48H53NO14. The van der Waals surface area contributed by atoms with Crippen LogP contribution in [0.1, 0.15) is 93.6 Å². The van der Waals surface area contributed by atoms with Crippen molar-refractivity contribution in [1.29, 1.82) is 0 Å². The van der Waals surface area contributed by atoms with Crippen molar-refractivity contribution in [3.05, 3.63) is 119 Å². The van der Waals surface area contributed by atoms with Crippen molar-refractivity contribution in [3.63, 3.8) is 0 Å². The molecule has 2 saturated carbocycles. The van der Waals surface area contributed by atoms with Gasteiger partial charge in [-0.05, 0) is 61.7 Å². The van der Waals surface area contributed by atoms with Gasteiger partial charge in [0.2, 0.25) is 0 Å². The lowest BCUT2D eigenvalue weighted by Gasteiger charge is -2.67. The van der Waals surface area contributed by atoms with E-state index >= 15 is 4.79 Å². The summed E-state index contributed by atoms with van der Waals surface area (Å²) in [6.07, 6.45) is -8.54. The number of esters is 4. The number of amides is 1. The summed E-state index contributed by atoms with van der Waals surface area (Å²) >= 11 is 0. The van der Waals surface area contributed by atoms with E-state index in [4.69, 9.17) is 23.7 Å². The molecule has 63 heavy (non-hydrogen) atoms. The quantitative estimate of drug-likeness (QED) is 0.128. The molecule has 15 heteroatoms. The molecule has 4 aliphatic rings. The average Bonchev–Trinajstić information content (AvgIpc) is 3.24. The molecule has 2 bridgehead atoms. The van der Waals surface area contributed by atoms with E-state index < -0.39 is 112 Å². The molecule has 4 N–H and O–H groups in total. The van der Waals surface area contributed by atoms with Gasteiger partial charge in [-0.3, -0.25) is 19.2 Å².